The summed E-state index contributed by atoms with van der Waals surface area (Å²) < 4.78 is 56.9. The van der Waals surface area contributed by atoms with E-state index in [9.17, 15) is 22.4 Å². The normalized spacial score (nSPS) is 27.7. The van der Waals surface area contributed by atoms with Crippen LogP contribution in [0.5, 0.6) is 0 Å². The summed E-state index contributed by atoms with van der Waals surface area (Å²) >= 11 is 0. The van der Waals surface area contributed by atoms with Crippen molar-refractivity contribution in [1.82, 2.24) is 5.32 Å². The fourth-order valence-electron chi connectivity index (χ4n) is 3.35. The van der Waals surface area contributed by atoms with Gasteiger partial charge in [0.1, 0.15) is 11.6 Å². The van der Waals surface area contributed by atoms with E-state index >= 15 is 0 Å². The van der Waals surface area contributed by atoms with Gasteiger partial charge in [0, 0.05) is 24.4 Å². The van der Waals surface area contributed by atoms with E-state index in [0.717, 1.165) is 12.1 Å². The molecular weight excluding hydrogens is 314 g/mol. The molecule has 1 aromatic rings. The highest BCUT2D eigenvalue weighted by Crippen LogP contribution is 2.32. The Hall–Kier alpha value is -1.47. The van der Waals surface area contributed by atoms with Gasteiger partial charge in [-0.05, 0) is 30.5 Å². The minimum atomic E-state index is -4.76. The van der Waals surface area contributed by atoms with Crippen LogP contribution in [0.25, 0.3) is 0 Å². The highest BCUT2D eigenvalue weighted by Gasteiger charge is 2.36. The van der Waals surface area contributed by atoms with Gasteiger partial charge in [0.2, 0.25) is 0 Å². The van der Waals surface area contributed by atoms with Crippen LogP contribution in [0.15, 0.2) is 18.2 Å². The monoisotopic (exact) mass is 331 g/mol. The van der Waals surface area contributed by atoms with Gasteiger partial charge in [-0.3, -0.25) is 4.79 Å². The fourth-order valence-corrected chi connectivity index (χ4v) is 3.35. The molecule has 1 aromatic carbocycles. The molecule has 2 unspecified atom stereocenters. The number of hydrogen-bond donors (Lipinski definition) is 1. The van der Waals surface area contributed by atoms with E-state index in [1.54, 1.807) is 0 Å². The molecule has 7 heteroatoms. The molecule has 3 nitrogen and oxygen atoms in total. The van der Waals surface area contributed by atoms with Gasteiger partial charge >= 0.3 is 6.18 Å². The smallest absolute Gasteiger partial charge is 0.378 e. The van der Waals surface area contributed by atoms with E-state index < -0.39 is 17.6 Å². The maximum absolute atomic E-state index is 13.3. The van der Waals surface area contributed by atoms with E-state index in [1.807, 2.05) is 0 Å². The molecule has 0 radical (unpaired) electrons. The molecule has 2 aliphatic rings. The zero-order chi connectivity index (χ0) is 16.6. The summed E-state index contributed by atoms with van der Waals surface area (Å²) in [5.74, 6) is -1.60. The first-order valence-electron chi connectivity index (χ1n) is 7.55. The molecule has 2 aliphatic heterocycles. The molecule has 2 heterocycles. The summed E-state index contributed by atoms with van der Waals surface area (Å²) in [5, 5.41) is 3.36. The minimum Gasteiger partial charge on any atom is -0.378 e. The second-order valence-corrected chi connectivity index (χ2v) is 6.22. The van der Waals surface area contributed by atoms with Crippen LogP contribution < -0.4 is 5.32 Å². The second kappa shape index (κ2) is 6.20. The van der Waals surface area contributed by atoms with Crippen molar-refractivity contribution < 1.29 is 27.1 Å². The third kappa shape index (κ3) is 3.72. The minimum absolute atomic E-state index is 0.0943. The van der Waals surface area contributed by atoms with Gasteiger partial charge in [-0.25, -0.2) is 4.39 Å². The van der Waals surface area contributed by atoms with Crippen molar-refractivity contribution in [3.63, 3.8) is 0 Å². The van der Waals surface area contributed by atoms with Crippen molar-refractivity contribution in [2.24, 2.45) is 5.92 Å². The Kier molecular flexibility index (Phi) is 4.42. The number of ketones is 1. The number of ether oxygens (including phenoxy) is 1. The van der Waals surface area contributed by atoms with Crippen LogP contribution in [0, 0.1) is 11.7 Å². The summed E-state index contributed by atoms with van der Waals surface area (Å²) in [6.07, 6.45) is -3.61. The first kappa shape index (κ1) is 16.4. The maximum Gasteiger partial charge on any atom is 0.419 e. The number of carbonyl (C=O) groups excluding carboxylic acids is 1. The van der Waals surface area contributed by atoms with Crippen LogP contribution in [-0.2, 0) is 22.1 Å². The standard InChI is InChI=1S/C16H17F4NO2/c17-14-2-1-9(3-13(14)16(18,19)20)4-15(22)10-5-11-7-23-8-12(6-10)21-11/h1-3,10-12,21H,4-8H2. The Morgan fingerprint density at radius 2 is 1.87 bits per heavy atom. The lowest BCUT2D eigenvalue weighted by molar-refractivity contribution is -0.140. The topological polar surface area (TPSA) is 38.3 Å². The van der Waals surface area contributed by atoms with Crippen LogP contribution in [0.1, 0.15) is 24.0 Å². The number of hydrogen-bond acceptors (Lipinski definition) is 3. The molecule has 0 amide bonds. The summed E-state index contributed by atoms with van der Waals surface area (Å²) in [6, 6.07) is 2.99. The highest BCUT2D eigenvalue weighted by molar-refractivity contribution is 5.83. The number of morpholine rings is 1. The Morgan fingerprint density at radius 3 is 2.48 bits per heavy atom. The number of Topliss-reactive ketones (excluding diaryl/α,β-unsaturated/α-hetero) is 1. The van der Waals surface area contributed by atoms with E-state index in [1.165, 1.54) is 6.07 Å². The molecule has 0 saturated carbocycles. The van der Waals surface area contributed by atoms with Gasteiger partial charge in [-0.15, -0.1) is 0 Å². The SMILES string of the molecule is O=C(Cc1ccc(F)c(C(F)(F)F)c1)C1CC2COCC(C1)N2. The molecule has 2 saturated heterocycles. The van der Waals surface area contributed by atoms with Crippen molar-refractivity contribution >= 4 is 5.78 Å². The number of halogens is 4. The van der Waals surface area contributed by atoms with Crippen LogP contribution in [0.2, 0.25) is 0 Å². The fraction of sp³-hybridized carbons (Fsp3) is 0.562. The van der Waals surface area contributed by atoms with Gasteiger partial charge in [-0.2, -0.15) is 13.2 Å². The highest BCUT2D eigenvalue weighted by atomic mass is 19.4. The average molecular weight is 331 g/mol. The Labute approximate surface area is 131 Å². The van der Waals surface area contributed by atoms with Crippen LogP contribution in [0.4, 0.5) is 17.6 Å². The molecule has 3 rings (SSSR count). The van der Waals surface area contributed by atoms with E-state index in [-0.39, 0.29) is 35.8 Å². The molecule has 0 aliphatic carbocycles. The van der Waals surface area contributed by atoms with Crippen molar-refractivity contribution in [1.29, 1.82) is 0 Å². The Bertz CT molecular complexity index is 590. The van der Waals surface area contributed by atoms with Crippen molar-refractivity contribution in [2.75, 3.05) is 13.2 Å². The predicted octanol–water partition coefficient (Wildman–Crippen LogP) is 2.72. The zero-order valence-electron chi connectivity index (χ0n) is 12.3. The molecule has 126 valence electrons. The number of fused-ring (bicyclic) bond motifs is 2. The number of carbonyl (C=O) groups is 1. The first-order chi connectivity index (χ1) is 10.8. The molecule has 23 heavy (non-hydrogen) atoms. The number of nitrogens with one attached hydrogen (secondary N) is 1. The van der Waals surface area contributed by atoms with Crippen molar-refractivity contribution in [2.45, 2.75) is 37.5 Å². The Balaban J connectivity index is 1.70. The van der Waals surface area contributed by atoms with E-state index in [4.69, 9.17) is 4.74 Å². The van der Waals surface area contributed by atoms with Gasteiger partial charge in [0.05, 0.1) is 18.8 Å². The summed E-state index contributed by atoms with van der Waals surface area (Å²) in [6.45, 7) is 1.10. The van der Waals surface area contributed by atoms with Crippen LogP contribution >= 0.6 is 0 Å². The zero-order valence-corrected chi connectivity index (χ0v) is 12.3. The Morgan fingerprint density at radius 1 is 1.22 bits per heavy atom. The van der Waals surface area contributed by atoms with Gasteiger partial charge in [0.15, 0.2) is 0 Å². The second-order valence-electron chi connectivity index (χ2n) is 6.22. The molecule has 1 N–H and O–H groups in total. The van der Waals surface area contributed by atoms with Crippen molar-refractivity contribution in [3.8, 4) is 0 Å². The predicted molar refractivity (Wildman–Crippen MR) is 74.4 cm³/mol. The lowest BCUT2D eigenvalue weighted by Crippen LogP contribution is -2.55. The molecule has 2 fully saturated rings. The summed E-state index contributed by atoms with van der Waals surface area (Å²) in [4.78, 5) is 12.4. The lowest BCUT2D eigenvalue weighted by Gasteiger charge is -2.39. The third-order valence-corrected chi connectivity index (χ3v) is 4.42. The molecule has 2 bridgehead atoms. The van der Waals surface area contributed by atoms with Crippen molar-refractivity contribution in [3.05, 3.63) is 35.1 Å². The van der Waals surface area contributed by atoms with E-state index in [0.29, 0.717) is 26.1 Å². The quantitative estimate of drug-likeness (QED) is 0.866. The van der Waals surface area contributed by atoms with Gasteiger partial charge < -0.3 is 10.1 Å². The van der Waals surface area contributed by atoms with E-state index in [2.05, 4.69) is 5.32 Å². The van der Waals surface area contributed by atoms with Gasteiger partial charge in [0.25, 0.3) is 0 Å². The maximum atomic E-state index is 13.3. The van der Waals surface area contributed by atoms with Crippen LogP contribution in [-0.4, -0.2) is 31.1 Å². The summed E-state index contributed by atoms with van der Waals surface area (Å²) in [5.41, 5.74) is -1.12. The third-order valence-electron chi connectivity index (χ3n) is 4.42. The van der Waals surface area contributed by atoms with Crippen LogP contribution in [0.3, 0.4) is 0 Å². The number of rotatable bonds is 3. The number of alkyl halides is 3. The average Bonchev–Trinajstić information content (AvgIpc) is 2.47. The molecule has 2 atom stereocenters. The molecule has 0 spiro atoms. The lowest BCUT2D eigenvalue weighted by atomic mass is 9.82. The molecule has 0 aromatic heterocycles. The largest absolute Gasteiger partial charge is 0.419 e. The molecular formula is C16H17F4NO2. The van der Waals surface area contributed by atoms with Gasteiger partial charge in [-0.1, -0.05) is 6.07 Å². The first-order valence-corrected chi connectivity index (χ1v) is 7.55. The number of benzene rings is 1. The number of piperidine rings is 1. The summed E-state index contributed by atoms with van der Waals surface area (Å²) in [7, 11) is 0.